The van der Waals surface area contributed by atoms with Gasteiger partial charge in [0, 0.05) is 6.54 Å². The third kappa shape index (κ3) is 4.24. The number of fused-ring (bicyclic) bond motifs is 4. The van der Waals surface area contributed by atoms with E-state index in [-0.39, 0.29) is 0 Å². The molecule has 23 heavy (non-hydrogen) atoms. The van der Waals surface area contributed by atoms with E-state index in [4.69, 9.17) is 10.2 Å². The van der Waals surface area contributed by atoms with Crippen molar-refractivity contribution in [2.75, 3.05) is 20.1 Å². The Balaban J connectivity index is 0.000000277. The van der Waals surface area contributed by atoms with E-state index in [1.165, 1.54) is 44.0 Å². The minimum Gasteiger partial charge on any atom is -0.508 e. The summed E-state index contributed by atoms with van der Waals surface area (Å²) < 4.78 is 0. The van der Waals surface area contributed by atoms with Gasteiger partial charge in [-0.2, -0.15) is 0 Å². The molecule has 1 aliphatic heterocycles. The van der Waals surface area contributed by atoms with Crippen molar-refractivity contribution in [3.63, 3.8) is 0 Å². The molecule has 1 aromatic rings. The van der Waals surface area contributed by atoms with Crippen molar-refractivity contribution in [1.82, 2.24) is 4.90 Å². The molecule has 0 amide bonds. The number of rotatable bonds is 1. The number of hydrogen-bond donors (Lipinski definition) is 3. The standard InChI is InChI=1S/C15H21NO.C3H6O3/c1-10-12-7-11-3-4-13(17)8-15(11)14(10)5-6-16(2)9-12;1-2(4)3(5)6/h3-4,8,10,12,14,17H,5-7,9H2,1-2H3;2,4H,1H3,(H,5,6)/t10-,12-,14-;/m0./s1. The summed E-state index contributed by atoms with van der Waals surface area (Å²) in [5, 5.41) is 25.5. The zero-order valence-electron chi connectivity index (χ0n) is 14.1. The van der Waals surface area contributed by atoms with Gasteiger partial charge in [0.05, 0.1) is 0 Å². The molecule has 0 spiro atoms. The fourth-order valence-corrected chi connectivity index (χ4v) is 3.69. The maximum Gasteiger partial charge on any atom is 0.332 e. The number of carboxylic acids is 1. The Bertz CT molecular complexity index is 558. The Hall–Kier alpha value is -1.59. The van der Waals surface area contributed by atoms with Crippen molar-refractivity contribution in [1.29, 1.82) is 0 Å². The van der Waals surface area contributed by atoms with Crippen LogP contribution in [-0.2, 0) is 11.2 Å². The van der Waals surface area contributed by atoms with Crippen molar-refractivity contribution in [2.45, 2.75) is 38.7 Å². The van der Waals surface area contributed by atoms with Gasteiger partial charge in [0.15, 0.2) is 0 Å². The number of benzene rings is 1. The summed E-state index contributed by atoms with van der Waals surface area (Å²) in [7, 11) is 2.23. The number of phenolic OH excluding ortho intramolecular Hbond substituents is 1. The third-order valence-electron chi connectivity index (χ3n) is 5.11. The molecule has 2 bridgehead atoms. The highest BCUT2D eigenvalue weighted by molar-refractivity contribution is 5.71. The van der Waals surface area contributed by atoms with E-state index >= 15 is 0 Å². The topological polar surface area (TPSA) is 81.0 Å². The highest BCUT2D eigenvalue weighted by atomic mass is 16.4. The van der Waals surface area contributed by atoms with Crippen LogP contribution >= 0.6 is 0 Å². The lowest BCUT2D eigenvalue weighted by atomic mass is 9.69. The summed E-state index contributed by atoms with van der Waals surface area (Å²) in [4.78, 5) is 11.9. The number of aliphatic hydroxyl groups is 1. The summed E-state index contributed by atoms with van der Waals surface area (Å²) in [5.74, 6) is 1.40. The van der Waals surface area contributed by atoms with E-state index in [2.05, 4.69) is 24.9 Å². The van der Waals surface area contributed by atoms with E-state index in [9.17, 15) is 9.90 Å². The molecule has 1 unspecified atom stereocenters. The molecule has 1 fully saturated rings. The predicted octanol–water partition coefficient (Wildman–Crippen LogP) is 2.07. The van der Waals surface area contributed by atoms with Gasteiger partial charge in [-0.1, -0.05) is 13.0 Å². The molecule has 1 saturated heterocycles. The maximum absolute atomic E-state index is 9.68. The molecule has 1 heterocycles. The molecule has 128 valence electrons. The molecule has 0 saturated carbocycles. The first-order chi connectivity index (χ1) is 10.8. The molecule has 5 nitrogen and oxygen atoms in total. The van der Waals surface area contributed by atoms with Crippen LogP contribution in [-0.4, -0.2) is 52.4 Å². The molecule has 1 aromatic carbocycles. The Morgan fingerprint density at radius 3 is 2.65 bits per heavy atom. The molecular formula is C18H27NO4. The fourth-order valence-electron chi connectivity index (χ4n) is 3.69. The number of carbonyl (C=O) groups is 1. The molecule has 1 aliphatic carbocycles. The summed E-state index contributed by atoms with van der Waals surface area (Å²) in [6, 6.07) is 5.96. The van der Waals surface area contributed by atoms with Gasteiger partial charge in [-0.3, -0.25) is 0 Å². The largest absolute Gasteiger partial charge is 0.508 e. The van der Waals surface area contributed by atoms with E-state index in [1.54, 1.807) is 0 Å². The van der Waals surface area contributed by atoms with Crippen molar-refractivity contribution >= 4 is 5.97 Å². The number of carboxylic acid groups (broad SMARTS) is 1. The van der Waals surface area contributed by atoms with E-state index in [0.29, 0.717) is 11.7 Å². The smallest absolute Gasteiger partial charge is 0.332 e. The summed E-state index contributed by atoms with van der Waals surface area (Å²) in [6.07, 6.45) is 1.17. The van der Waals surface area contributed by atoms with Crippen LogP contribution in [0.1, 0.15) is 37.3 Å². The first-order valence-electron chi connectivity index (χ1n) is 8.20. The number of nitrogens with zero attached hydrogens (tertiary/aromatic N) is 1. The number of phenols is 1. The number of likely N-dealkylation sites (tertiary alicyclic amines) is 1. The minimum absolute atomic E-state index is 0.423. The lowest BCUT2D eigenvalue weighted by Crippen LogP contribution is -2.31. The second kappa shape index (κ2) is 7.32. The second-order valence-corrected chi connectivity index (χ2v) is 6.88. The van der Waals surface area contributed by atoms with Crippen LogP contribution in [0.2, 0.25) is 0 Å². The molecule has 5 heteroatoms. The van der Waals surface area contributed by atoms with E-state index < -0.39 is 12.1 Å². The van der Waals surface area contributed by atoms with Crippen LogP contribution in [0.15, 0.2) is 18.2 Å². The zero-order valence-corrected chi connectivity index (χ0v) is 14.1. The Kier molecular flexibility index (Phi) is 5.65. The minimum atomic E-state index is -1.23. The van der Waals surface area contributed by atoms with Gasteiger partial charge < -0.3 is 20.2 Å². The number of aromatic hydroxyl groups is 1. The number of aliphatic carboxylic acids is 1. The van der Waals surface area contributed by atoms with Crippen molar-refractivity contribution < 1.29 is 20.1 Å². The normalized spacial score (nSPS) is 27.9. The lowest BCUT2D eigenvalue weighted by Gasteiger charge is -2.36. The maximum atomic E-state index is 9.68. The van der Waals surface area contributed by atoms with E-state index in [0.717, 1.165) is 11.8 Å². The van der Waals surface area contributed by atoms with Gasteiger partial charge in [-0.15, -0.1) is 0 Å². The highest BCUT2D eigenvalue weighted by Crippen LogP contribution is 2.44. The van der Waals surface area contributed by atoms with Crippen molar-refractivity contribution in [3.8, 4) is 5.75 Å². The summed E-state index contributed by atoms with van der Waals surface area (Å²) in [6.45, 7) is 5.99. The third-order valence-corrected chi connectivity index (χ3v) is 5.11. The zero-order chi connectivity index (χ0) is 17.1. The van der Waals surface area contributed by atoms with Crippen molar-refractivity contribution in [2.24, 2.45) is 11.8 Å². The van der Waals surface area contributed by atoms with Crippen LogP contribution in [0.5, 0.6) is 5.75 Å². The lowest BCUT2D eigenvalue weighted by molar-refractivity contribution is -0.145. The summed E-state index contributed by atoms with van der Waals surface area (Å²) >= 11 is 0. The van der Waals surface area contributed by atoms with Crippen LogP contribution < -0.4 is 0 Å². The van der Waals surface area contributed by atoms with Crippen LogP contribution in [0, 0.1) is 11.8 Å². The average molecular weight is 321 g/mol. The molecule has 0 radical (unpaired) electrons. The van der Waals surface area contributed by atoms with Crippen LogP contribution in [0.4, 0.5) is 0 Å². The summed E-state index contributed by atoms with van der Waals surface area (Å²) in [5.41, 5.74) is 2.87. The van der Waals surface area contributed by atoms with Gasteiger partial charge >= 0.3 is 5.97 Å². The fraction of sp³-hybridized carbons (Fsp3) is 0.611. The predicted molar refractivity (Wildman–Crippen MR) is 88.6 cm³/mol. The molecule has 2 aliphatic rings. The Morgan fingerprint density at radius 2 is 2.04 bits per heavy atom. The number of hydrogen-bond acceptors (Lipinski definition) is 4. The van der Waals surface area contributed by atoms with Crippen LogP contribution in [0.25, 0.3) is 0 Å². The van der Waals surface area contributed by atoms with E-state index in [1.807, 2.05) is 12.1 Å². The first kappa shape index (κ1) is 17.8. The molecule has 3 N–H and O–H groups in total. The Labute approximate surface area is 137 Å². The molecule has 0 aromatic heterocycles. The van der Waals surface area contributed by atoms with Gasteiger partial charge in [0.2, 0.25) is 0 Å². The van der Waals surface area contributed by atoms with Crippen LogP contribution in [0.3, 0.4) is 0 Å². The van der Waals surface area contributed by atoms with Crippen molar-refractivity contribution in [3.05, 3.63) is 29.3 Å². The van der Waals surface area contributed by atoms with Gasteiger partial charge in [-0.05, 0) is 74.4 Å². The quantitative estimate of drug-likeness (QED) is 0.738. The molecular weight excluding hydrogens is 294 g/mol. The van der Waals surface area contributed by atoms with Gasteiger partial charge in [-0.25, -0.2) is 4.79 Å². The monoisotopic (exact) mass is 321 g/mol. The first-order valence-corrected chi connectivity index (χ1v) is 8.20. The molecule has 3 rings (SSSR count). The van der Waals surface area contributed by atoms with Gasteiger partial charge in [0.25, 0.3) is 0 Å². The average Bonchev–Trinajstić information content (AvgIpc) is 2.56. The van der Waals surface area contributed by atoms with Gasteiger partial charge in [0.1, 0.15) is 11.9 Å². The number of aliphatic hydroxyl groups excluding tert-OH is 1. The Morgan fingerprint density at radius 1 is 1.39 bits per heavy atom. The highest BCUT2D eigenvalue weighted by Gasteiger charge is 2.36. The SMILES string of the molecule is CC(O)C(=O)O.C[C@H]1[C@H]2Cc3ccc(O)cc3[C@H]1CCN(C)C2. The molecule has 4 atom stereocenters. The second-order valence-electron chi connectivity index (χ2n) is 6.88.